The Hall–Kier alpha value is -2.28. The second-order valence-corrected chi connectivity index (χ2v) is 4.62. The molecule has 0 aliphatic rings. The standard InChI is InChI=1S/C12H13N3O3S/c13-9-3-1-2-4-10(9)18-6-11(16)14-5-8-7-19-12(17)15-8/h1-4,7H,5-6,13H2,(H,14,16)(H,15,17). The van der Waals surface area contributed by atoms with E-state index in [1.165, 1.54) is 0 Å². The minimum atomic E-state index is -0.282. The maximum Gasteiger partial charge on any atom is 0.304 e. The van der Waals surface area contributed by atoms with Gasteiger partial charge in [-0.25, -0.2) is 0 Å². The SMILES string of the molecule is Nc1ccccc1OCC(=O)NCc1csc(=O)[nH]1. The molecule has 4 N–H and O–H groups in total. The van der Waals surface area contributed by atoms with Gasteiger partial charge in [0.25, 0.3) is 5.91 Å². The van der Waals surface area contributed by atoms with Gasteiger partial charge in [-0.1, -0.05) is 23.5 Å². The van der Waals surface area contributed by atoms with Gasteiger partial charge in [0.1, 0.15) is 5.75 Å². The molecule has 2 aromatic rings. The maximum absolute atomic E-state index is 11.5. The molecule has 1 aromatic carbocycles. The van der Waals surface area contributed by atoms with E-state index in [9.17, 15) is 9.59 Å². The third-order valence-corrected chi connectivity index (χ3v) is 3.04. The number of anilines is 1. The molecule has 0 unspecified atom stereocenters. The second-order valence-electron chi connectivity index (χ2n) is 3.78. The molecule has 0 saturated carbocycles. The number of rotatable bonds is 5. The van der Waals surface area contributed by atoms with Crippen molar-refractivity contribution < 1.29 is 9.53 Å². The normalized spacial score (nSPS) is 10.1. The van der Waals surface area contributed by atoms with Crippen molar-refractivity contribution in [3.8, 4) is 5.75 Å². The first-order chi connectivity index (χ1) is 9.15. The van der Waals surface area contributed by atoms with E-state index < -0.39 is 0 Å². The molecule has 0 aliphatic carbocycles. The fraction of sp³-hybridized carbons (Fsp3) is 0.167. The minimum absolute atomic E-state index is 0.122. The molecule has 1 heterocycles. The first kappa shape index (κ1) is 13.2. The lowest BCUT2D eigenvalue weighted by atomic mass is 10.3. The number of nitrogens with one attached hydrogen (secondary N) is 2. The summed E-state index contributed by atoms with van der Waals surface area (Å²) in [5.41, 5.74) is 6.83. The van der Waals surface area contributed by atoms with Crippen LogP contribution < -0.4 is 20.7 Å². The first-order valence-corrected chi connectivity index (χ1v) is 6.44. The van der Waals surface area contributed by atoms with E-state index >= 15 is 0 Å². The Morgan fingerprint density at radius 2 is 2.21 bits per heavy atom. The van der Waals surface area contributed by atoms with E-state index in [4.69, 9.17) is 10.5 Å². The average Bonchev–Trinajstić information content (AvgIpc) is 2.81. The summed E-state index contributed by atoms with van der Waals surface area (Å²) in [5.74, 6) is 0.192. The number of nitrogens with two attached hydrogens (primary N) is 1. The number of nitrogen functional groups attached to an aromatic ring is 1. The third kappa shape index (κ3) is 3.85. The van der Waals surface area contributed by atoms with E-state index in [2.05, 4.69) is 10.3 Å². The molecule has 0 fully saturated rings. The zero-order valence-electron chi connectivity index (χ0n) is 10.0. The summed E-state index contributed by atoms with van der Waals surface area (Å²) < 4.78 is 5.29. The van der Waals surface area contributed by atoms with Gasteiger partial charge in [0.05, 0.1) is 12.2 Å². The van der Waals surface area contributed by atoms with E-state index in [0.717, 1.165) is 11.3 Å². The molecule has 100 valence electrons. The Balaban J connectivity index is 1.79. The molecular formula is C12H13N3O3S. The third-order valence-electron chi connectivity index (χ3n) is 2.32. The molecule has 0 spiro atoms. The number of thiazole rings is 1. The summed E-state index contributed by atoms with van der Waals surface area (Å²) in [6.07, 6.45) is 0. The van der Waals surface area contributed by atoms with Crippen molar-refractivity contribution in [2.45, 2.75) is 6.54 Å². The number of benzene rings is 1. The summed E-state index contributed by atoms with van der Waals surface area (Å²) in [6, 6.07) is 6.96. The highest BCUT2D eigenvalue weighted by Gasteiger charge is 2.05. The van der Waals surface area contributed by atoms with Crippen molar-refractivity contribution in [2.75, 3.05) is 12.3 Å². The van der Waals surface area contributed by atoms with Crippen molar-refractivity contribution in [3.63, 3.8) is 0 Å². The molecule has 0 aliphatic heterocycles. The molecule has 0 radical (unpaired) electrons. The molecule has 0 bridgehead atoms. The van der Waals surface area contributed by atoms with Gasteiger partial charge in [0, 0.05) is 11.1 Å². The molecule has 6 nitrogen and oxygen atoms in total. The van der Waals surface area contributed by atoms with Gasteiger partial charge in [-0.3, -0.25) is 9.59 Å². The fourth-order valence-electron chi connectivity index (χ4n) is 1.40. The van der Waals surface area contributed by atoms with Gasteiger partial charge in [-0.15, -0.1) is 0 Å². The number of amides is 1. The monoisotopic (exact) mass is 279 g/mol. The highest BCUT2D eigenvalue weighted by molar-refractivity contribution is 7.07. The number of para-hydroxylation sites is 2. The molecule has 1 aromatic heterocycles. The van der Waals surface area contributed by atoms with Gasteiger partial charge in [0.15, 0.2) is 6.61 Å². The van der Waals surface area contributed by atoms with Crippen LogP contribution in [-0.4, -0.2) is 17.5 Å². The Morgan fingerprint density at radius 3 is 2.89 bits per heavy atom. The Bertz CT molecular complexity index is 620. The summed E-state index contributed by atoms with van der Waals surface area (Å²) in [4.78, 5) is 24.9. The Morgan fingerprint density at radius 1 is 1.42 bits per heavy atom. The number of carbonyl (C=O) groups is 1. The maximum atomic E-state index is 11.5. The van der Waals surface area contributed by atoms with Crippen LogP contribution in [0.5, 0.6) is 5.75 Å². The quantitative estimate of drug-likeness (QED) is 0.702. The highest BCUT2D eigenvalue weighted by Crippen LogP contribution is 2.19. The summed E-state index contributed by atoms with van der Waals surface area (Å²) in [7, 11) is 0. The summed E-state index contributed by atoms with van der Waals surface area (Å²) in [5, 5.41) is 4.30. The predicted molar refractivity (Wildman–Crippen MR) is 73.1 cm³/mol. The lowest BCUT2D eigenvalue weighted by molar-refractivity contribution is -0.123. The predicted octanol–water partition coefficient (Wildman–Crippen LogP) is 0.714. The van der Waals surface area contributed by atoms with E-state index in [-0.39, 0.29) is 23.9 Å². The average molecular weight is 279 g/mol. The molecule has 7 heteroatoms. The van der Waals surface area contributed by atoms with E-state index in [0.29, 0.717) is 17.1 Å². The van der Waals surface area contributed by atoms with Crippen molar-refractivity contribution in [3.05, 3.63) is 45.0 Å². The van der Waals surface area contributed by atoms with Crippen LogP contribution in [0.2, 0.25) is 0 Å². The smallest absolute Gasteiger partial charge is 0.304 e. The Labute approximate surface area is 113 Å². The number of hydrogen-bond acceptors (Lipinski definition) is 5. The zero-order valence-corrected chi connectivity index (χ0v) is 10.8. The van der Waals surface area contributed by atoms with Crippen molar-refractivity contribution in [1.82, 2.24) is 10.3 Å². The number of H-pyrrole nitrogens is 1. The van der Waals surface area contributed by atoms with Gasteiger partial charge in [-0.05, 0) is 12.1 Å². The first-order valence-electron chi connectivity index (χ1n) is 5.56. The van der Waals surface area contributed by atoms with Crippen LogP contribution in [0.1, 0.15) is 5.69 Å². The van der Waals surface area contributed by atoms with Crippen LogP contribution in [0.4, 0.5) is 5.69 Å². The molecule has 0 atom stereocenters. The van der Waals surface area contributed by atoms with Gasteiger partial charge in [-0.2, -0.15) is 0 Å². The molecule has 1 amide bonds. The van der Waals surface area contributed by atoms with Crippen molar-refractivity contribution >= 4 is 22.9 Å². The minimum Gasteiger partial charge on any atom is -0.482 e. The van der Waals surface area contributed by atoms with Crippen LogP contribution in [0.25, 0.3) is 0 Å². The molecule has 19 heavy (non-hydrogen) atoms. The van der Waals surface area contributed by atoms with Gasteiger partial charge in [0.2, 0.25) is 0 Å². The van der Waals surface area contributed by atoms with Crippen molar-refractivity contribution in [1.29, 1.82) is 0 Å². The van der Waals surface area contributed by atoms with Crippen molar-refractivity contribution in [2.24, 2.45) is 0 Å². The van der Waals surface area contributed by atoms with Gasteiger partial charge >= 0.3 is 4.87 Å². The molecule has 0 saturated heterocycles. The largest absolute Gasteiger partial charge is 0.482 e. The van der Waals surface area contributed by atoms with E-state index in [1.54, 1.807) is 29.6 Å². The molecular weight excluding hydrogens is 266 g/mol. The van der Waals surface area contributed by atoms with Crippen LogP contribution in [-0.2, 0) is 11.3 Å². The summed E-state index contributed by atoms with van der Waals surface area (Å²) >= 11 is 1.06. The van der Waals surface area contributed by atoms with Crippen LogP contribution in [0.3, 0.4) is 0 Å². The molecule has 2 rings (SSSR count). The summed E-state index contributed by atoms with van der Waals surface area (Å²) in [6.45, 7) is 0.147. The number of ether oxygens (including phenoxy) is 1. The lowest BCUT2D eigenvalue weighted by Gasteiger charge is -2.08. The number of hydrogen-bond donors (Lipinski definition) is 3. The van der Waals surface area contributed by atoms with E-state index in [1.807, 2.05) is 0 Å². The number of carbonyl (C=O) groups excluding carboxylic acids is 1. The fourth-order valence-corrected chi connectivity index (χ4v) is 1.98. The topological polar surface area (TPSA) is 97.2 Å². The van der Waals surface area contributed by atoms with Crippen LogP contribution >= 0.6 is 11.3 Å². The Kier molecular flexibility index (Phi) is 4.19. The van der Waals surface area contributed by atoms with Crippen LogP contribution in [0, 0.1) is 0 Å². The zero-order chi connectivity index (χ0) is 13.7. The lowest BCUT2D eigenvalue weighted by Crippen LogP contribution is -2.28. The number of aromatic amines is 1. The highest BCUT2D eigenvalue weighted by atomic mass is 32.1. The van der Waals surface area contributed by atoms with Crippen LogP contribution in [0.15, 0.2) is 34.4 Å². The van der Waals surface area contributed by atoms with Gasteiger partial charge < -0.3 is 20.8 Å². The second kappa shape index (κ2) is 6.05. The number of aromatic nitrogens is 1.